The number of hydrogen-bond acceptors (Lipinski definition) is 3. The zero-order valence-electron chi connectivity index (χ0n) is 16.7. The summed E-state index contributed by atoms with van der Waals surface area (Å²) in [5.74, 6) is -0.111. The highest BCUT2D eigenvalue weighted by Gasteiger charge is 2.35. The number of carbonyl (C=O) groups excluding carboxylic acids is 2. The second kappa shape index (κ2) is 8.47. The molecule has 1 aliphatic rings. The maximum Gasteiger partial charge on any atom is 0.227 e. The number of pyridine rings is 1. The predicted octanol–water partition coefficient (Wildman–Crippen LogP) is 2.66. The number of aromatic amines is 1. The van der Waals surface area contributed by atoms with Gasteiger partial charge < -0.3 is 14.8 Å². The Labute approximate surface area is 170 Å². The highest BCUT2D eigenvalue weighted by Crippen LogP contribution is 2.22. The molecule has 0 radical (unpaired) electrons. The van der Waals surface area contributed by atoms with Crippen LogP contribution < -0.4 is 0 Å². The van der Waals surface area contributed by atoms with Crippen LogP contribution in [-0.2, 0) is 22.4 Å². The minimum atomic E-state index is -0.243. The fourth-order valence-corrected chi connectivity index (χ4v) is 4.02. The number of carbonyl (C=O) groups is 2. The molecule has 0 aliphatic carbocycles. The molecule has 29 heavy (non-hydrogen) atoms. The highest BCUT2D eigenvalue weighted by atomic mass is 16.2. The molecule has 6 heteroatoms. The molecule has 0 saturated carbocycles. The lowest BCUT2D eigenvalue weighted by Gasteiger charge is -2.21. The maximum atomic E-state index is 12.8. The lowest BCUT2D eigenvalue weighted by molar-refractivity contribution is -0.134. The third-order valence-electron chi connectivity index (χ3n) is 5.75. The van der Waals surface area contributed by atoms with Crippen molar-refractivity contribution in [3.63, 3.8) is 0 Å². The van der Waals surface area contributed by atoms with E-state index in [0.29, 0.717) is 26.1 Å². The van der Waals surface area contributed by atoms with Gasteiger partial charge in [0.2, 0.25) is 11.8 Å². The number of rotatable bonds is 7. The summed E-state index contributed by atoms with van der Waals surface area (Å²) in [6, 6.07) is 12.1. The van der Waals surface area contributed by atoms with Gasteiger partial charge in [0.05, 0.1) is 5.92 Å². The van der Waals surface area contributed by atoms with Crippen LogP contribution >= 0.6 is 0 Å². The first-order chi connectivity index (χ1) is 14.1. The van der Waals surface area contributed by atoms with E-state index in [4.69, 9.17) is 0 Å². The first-order valence-corrected chi connectivity index (χ1v) is 10.1. The van der Waals surface area contributed by atoms with Gasteiger partial charge in [0.1, 0.15) is 0 Å². The molecule has 2 amide bonds. The molecule has 1 aliphatic heterocycles. The Bertz CT molecular complexity index is 998. The van der Waals surface area contributed by atoms with Gasteiger partial charge >= 0.3 is 0 Å². The minimum absolute atomic E-state index is 0.0574. The zero-order valence-corrected chi connectivity index (χ0v) is 16.7. The van der Waals surface area contributed by atoms with Gasteiger partial charge in [-0.2, -0.15) is 0 Å². The number of likely N-dealkylation sites (N-methyl/N-ethyl adjacent to an activating group) is 1. The van der Waals surface area contributed by atoms with Crippen LogP contribution in [0.2, 0.25) is 0 Å². The Hall–Kier alpha value is -3.15. The number of fused-ring (bicyclic) bond motifs is 1. The van der Waals surface area contributed by atoms with Crippen molar-refractivity contribution in [2.75, 3.05) is 26.7 Å². The van der Waals surface area contributed by atoms with Crippen molar-refractivity contribution in [2.24, 2.45) is 5.92 Å². The minimum Gasteiger partial charge on any atom is -0.361 e. The molecule has 1 saturated heterocycles. The summed E-state index contributed by atoms with van der Waals surface area (Å²) in [4.78, 5) is 36.1. The number of benzene rings is 1. The quantitative estimate of drug-likeness (QED) is 0.674. The van der Waals surface area contributed by atoms with E-state index in [-0.39, 0.29) is 17.7 Å². The van der Waals surface area contributed by atoms with Crippen molar-refractivity contribution in [3.8, 4) is 0 Å². The summed E-state index contributed by atoms with van der Waals surface area (Å²) < 4.78 is 0. The van der Waals surface area contributed by atoms with Gasteiger partial charge in [-0.25, -0.2) is 0 Å². The largest absolute Gasteiger partial charge is 0.361 e. The molecule has 2 aromatic heterocycles. The first kappa shape index (κ1) is 19.2. The van der Waals surface area contributed by atoms with Crippen LogP contribution in [0, 0.1) is 5.92 Å². The molecule has 1 atom stereocenters. The normalized spacial score (nSPS) is 16.5. The number of amides is 2. The summed E-state index contributed by atoms with van der Waals surface area (Å²) in [6.07, 6.45) is 7.42. The van der Waals surface area contributed by atoms with E-state index in [2.05, 4.69) is 22.1 Å². The third kappa shape index (κ3) is 4.31. The van der Waals surface area contributed by atoms with E-state index in [1.165, 1.54) is 10.9 Å². The van der Waals surface area contributed by atoms with Crippen molar-refractivity contribution >= 4 is 22.7 Å². The van der Waals surface area contributed by atoms with Crippen LogP contribution in [0.3, 0.4) is 0 Å². The second-order valence-electron chi connectivity index (χ2n) is 7.72. The monoisotopic (exact) mass is 390 g/mol. The molecule has 3 aromatic rings. The number of para-hydroxylation sites is 1. The van der Waals surface area contributed by atoms with Crippen LogP contribution in [0.15, 0.2) is 55.0 Å². The summed E-state index contributed by atoms with van der Waals surface area (Å²) >= 11 is 0. The van der Waals surface area contributed by atoms with Crippen molar-refractivity contribution < 1.29 is 9.59 Å². The van der Waals surface area contributed by atoms with E-state index in [1.807, 2.05) is 42.4 Å². The lowest BCUT2D eigenvalue weighted by atomic mass is 10.1. The van der Waals surface area contributed by atoms with Gasteiger partial charge in [-0.15, -0.1) is 0 Å². The summed E-state index contributed by atoms with van der Waals surface area (Å²) in [5.41, 5.74) is 3.47. The van der Waals surface area contributed by atoms with E-state index in [1.54, 1.807) is 17.3 Å². The Morgan fingerprint density at radius 3 is 2.83 bits per heavy atom. The smallest absolute Gasteiger partial charge is 0.227 e. The molecular weight excluding hydrogens is 364 g/mol. The molecule has 1 unspecified atom stereocenters. The average Bonchev–Trinajstić information content (AvgIpc) is 3.34. The molecular formula is C23H26N4O2. The molecule has 1 fully saturated rings. The van der Waals surface area contributed by atoms with E-state index < -0.39 is 0 Å². The SMILES string of the molecule is CN(CCc1ccncc1)C(=O)C1CC(=O)N(CCc2c[nH]c3ccccc23)C1. The number of likely N-dealkylation sites (tertiary alicyclic amines) is 1. The lowest BCUT2D eigenvalue weighted by Crippen LogP contribution is -2.36. The van der Waals surface area contributed by atoms with Crippen LogP contribution in [0.4, 0.5) is 0 Å². The predicted molar refractivity (Wildman–Crippen MR) is 112 cm³/mol. The molecule has 4 rings (SSSR count). The molecule has 0 spiro atoms. The van der Waals surface area contributed by atoms with Gasteiger partial charge in [-0.1, -0.05) is 18.2 Å². The third-order valence-corrected chi connectivity index (χ3v) is 5.75. The maximum absolute atomic E-state index is 12.8. The topological polar surface area (TPSA) is 69.3 Å². The van der Waals surface area contributed by atoms with Crippen molar-refractivity contribution in [2.45, 2.75) is 19.3 Å². The Morgan fingerprint density at radius 2 is 2.00 bits per heavy atom. The fraction of sp³-hybridized carbons (Fsp3) is 0.348. The molecule has 1 aromatic carbocycles. The number of nitrogens with one attached hydrogen (secondary N) is 1. The summed E-state index contributed by atoms with van der Waals surface area (Å²) in [6.45, 7) is 1.80. The van der Waals surface area contributed by atoms with Crippen LogP contribution in [0.5, 0.6) is 0 Å². The summed E-state index contributed by atoms with van der Waals surface area (Å²) in [5, 5.41) is 1.20. The van der Waals surface area contributed by atoms with Crippen LogP contribution in [-0.4, -0.2) is 58.3 Å². The van der Waals surface area contributed by atoms with Crippen molar-refractivity contribution in [1.29, 1.82) is 0 Å². The van der Waals surface area contributed by atoms with Gasteiger partial charge in [-0.05, 0) is 42.2 Å². The Balaban J connectivity index is 1.30. The highest BCUT2D eigenvalue weighted by molar-refractivity contribution is 5.89. The number of hydrogen-bond donors (Lipinski definition) is 1. The Kier molecular flexibility index (Phi) is 5.60. The van der Waals surface area contributed by atoms with Crippen LogP contribution in [0.25, 0.3) is 10.9 Å². The van der Waals surface area contributed by atoms with Gasteiger partial charge in [-0.3, -0.25) is 14.6 Å². The molecule has 3 heterocycles. The molecule has 6 nitrogen and oxygen atoms in total. The number of aromatic nitrogens is 2. The number of nitrogens with zero attached hydrogens (tertiary/aromatic N) is 3. The Morgan fingerprint density at radius 1 is 1.21 bits per heavy atom. The molecule has 150 valence electrons. The second-order valence-corrected chi connectivity index (χ2v) is 7.72. The van der Waals surface area contributed by atoms with E-state index in [0.717, 1.165) is 23.9 Å². The van der Waals surface area contributed by atoms with Crippen molar-refractivity contribution in [1.82, 2.24) is 19.8 Å². The van der Waals surface area contributed by atoms with Crippen molar-refractivity contribution in [3.05, 3.63) is 66.1 Å². The fourth-order valence-electron chi connectivity index (χ4n) is 4.02. The van der Waals surface area contributed by atoms with Gasteiger partial charge in [0.25, 0.3) is 0 Å². The summed E-state index contributed by atoms with van der Waals surface area (Å²) in [7, 11) is 1.82. The van der Waals surface area contributed by atoms with E-state index >= 15 is 0 Å². The zero-order chi connectivity index (χ0) is 20.2. The van der Waals surface area contributed by atoms with E-state index in [9.17, 15) is 9.59 Å². The average molecular weight is 390 g/mol. The first-order valence-electron chi connectivity index (χ1n) is 10.1. The molecule has 0 bridgehead atoms. The standard InChI is InChI=1S/C23H26N4O2/c1-26(12-8-17-6-10-24-11-7-17)23(29)19-14-22(28)27(16-19)13-9-18-15-25-21-5-3-2-4-20(18)21/h2-7,10-11,15,19,25H,8-9,12-14,16H2,1H3. The molecule has 1 N–H and O–H groups in total. The number of H-pyrrole nitrogens is 1. The van der Waals surface area contributed by atoms with Gasteiger partial charge in [0, 0.05) is 62.6 Å². The van der Waals surface area contributed by atoms with Gasteiger partial charge in [0.15, 0.2) is 0 Å². The van der Waals surface area contributed by atoms with Crippen LogP contribution in [0.1, 0.15) is 17.5 Å².